The van der Waals surface area contributed by atoms with Crippen LogP contribution in [0.25, 0.3) is 11.4 Å². The van der Waals surface area contributed by atoms with E-state index in [0.717, 1.165) is 0 Å². The van der Waals surface area contributed by atoms with Gasteiger partial charge in [-0.05, 0) is 24.3 Å². The summed E-state index contributed by atoms with van der Waals surface area (Å²) >= 11 is 0. The first-order chi connectivity index (χ1) is 10.8. The number of carbonyl (C=O) groups excluding carboxylic acids is 1. The maximum Gasteiger partial charge on any atom is 0.264 e. The minimum absolute atomic E-state index is 0.00763. The minimum Gasteiger partial charge on any atom is -0.483 e. The number of carbonyl (C=O) groups is 1. The molecule has 0 spiro atoms. The van der Waals surface area contributed by atoms with E-state index >= 15 is 0 Å². The highest BCUT2D eigenvalue weighted by molar-refractivity contribution is 5.79. The third-order valence-electron chi connectivity index (χ3n) is 2.98. The topological polar surface area (TPSA) is 65.2 Å². The lowest BCUT2D eigenvalue weighted by molar-refractivity contribution is 0.111. The average Bonchev–Trinajstić information content (AvgIpc) is 3.02. The molecular formula is C16H11FN2O3. The lowest BCUT2D eigenvalue weighted by atomic mass is 10.2. The molecule has 2 aromatic carbocycles. The van der Waals surface area contributed by atoms with Crippen LogP contribution in [0.15, 0.2) is 53.1 Å². The van der Waals surface area contributed by atoms with Crippen molar-refractivity contribution in [1.29, 1.82) is 0 Å². The summed E-state index contributed by atoms with van der Waals surface area (Å²) in [4.78, 5) is 15.0. The summed E-state index contributed by atoms with van der Waals surface area (Å²) in [5.41, 5.74) is 0.683. The fraction of sp³-hybridized carbons (Fsp3) is 0.0625. The molecule has 22 heavy (non-hydrogen) atoms. The van der Waals surface area contributed by atoms with E-state index in [-0.39, 0.29) is 23.9 Å². The van der Waals surface area contributed by atoms with Crippen LogP contribution in [-0.2, 0) is 6.61 Å². The van der Waals surface area contributed by atoms with Crippen LogP contribution in [0.1, 0.15) is 16.2 Å². The zero-order valence-electron chi connectivity index (χ0n) is 11.4. The zero-order valence-corrected chi connectivity index (χ0v) is 11.4. The van der Waals surface area contributed by atoms with Gasteiger partial charge in [0, 0.05) is 0 Å². The number of aromatic nitrogens is 2. The summed E-state index contributed by atoms with van der Waals surface area (Å²) < 4.78 is 24.1. The normalized spacial score (nSPS) is 10.4. The molecule has 0 amide bonds. The standard InChI is InChI=1S/C16H11FN2O3/c17-13-7-3-2-6-12(13)16-18-15(22-19-16)10-21-14-8-4-1-5-11(14)9-20/h1-9H,10H2. The lowest BCUT2D eigenvalue weighted by Gasteiger charge is -2.04. The Balaban J connectivity index is 1.75. The number of hydrogen-bond donors (Lipinski definition) is 0. The maximum absolute atomic E-state index is 13.6. The van der Waals surface area contributed by atoms with E-state index in [9.17, 15) is 9.18 Å². The number of ether oxygens (including phenoxy) is 1. The van der Waals surface area contributed by atoms with Gasteiger partial charge in [-0.3, -0.25) is 4.79 Å². The molecule has 0 radical (unpaired) electrons. The van der Waals surface area contributed by atoms with Crippen LogP contribution >= 0.6 is 0 Å². The molecule has 0 N–H and O–H groups in total. The Kier molecular flexibility index (Phi) is 3.91. The largest absolute Gasteiger partial charge is 0.483 e. The molecule has 110 valence electrons. The molecule has 0 unspecified atom stereocenters. The highest BCUT2D eigenvalue weighted by atomic mass is 19.1. The molecule has 1 aromatic heterocycles. The second-order valence-corrected chi connectivity index (χ2v) is 4.44. The summed E-state index contributed by atoms with van der Waals surface area (Å²) in [5.74, 6) is 0.338. The SMILES string of the molecule is O=Cc1ccccc1OCc1nc(-c2ccccc2F)no1. The van der Waals surface area contributed by atoms with Gasteiger partial charge in [-0.1, -0.05) is 29.4 Å². The van der Waals surface area contributed by atoms with Gasteiger partial charge in [0.25, 0.3) is 5.89 Å². The van der Waals surface area contributed by atoms with Gasteiger partial charge in [0.15, 0.2) is 12.9 Å². The van der Waals surface area contributed by atoms with Crippen LogP contribution in [0.5, 0.6) is 5.75 Å². The molecule has 0 fully saturated rings. The van der Waals surface area contributed by atoms with Gasteiger partial charge in [-0.25, -0.2) is 4.39 Å². The van der Waals surface area contributed by atoms with E-state index in [0.29, 0.717) is 17.6 Å². The first-order valence-electron chi connectivity index (χ1n) is 6.52. The van der Waals surface area contributed by atoms with Crippen LogP contribution in [0.3, 0.4) is 0 Å². The van der Waals surface area contributed by atoms with E-state index in [1.54, 1.807) is 42.5 Å². The number of halogens is 1. The predicted octanol–water partition coefficient (Wildman–Crippen LogP) is 3.27. The van der Waals surface area contributed by atoms with Crippen molar-refractivity contribution in [3.63, 3.8) is 0 Å². The number of rotatable bonds is 5. The molecule has 0 atom stereocenters. The molecular weight excluding hydrogens is 287 g/mol. The second kappa shape index (κ2) is 6.17. The smallest absolute Gasteiger partial charge is 0.264 e. The summed E-state index contributed by atoms with van der Waals surface area (Å²) in [6.45, 7) is -0.00763. The first-order valence-corrected chi connectivity index (χ1v) is 6.52. The van der Waals surface area contributed by atoms with Gasteiger partial charge in [0.2, 0.25) is 5.82 Å². The van der Waals surface area contributed by atoms with E-state index < -0.39 is 5.82 Å². The number of para-hydroxylation sites is 1. The number of hydrogen-bond acceptors (Lipinski definition) is 5. The van der Waals surface area contributed by atoms with Crippen molar-refractivity contribution in [3.8, 4) is 17.1 Å². The number of aldehydes is 1. The van der Waals surface area contributed by atoms with Gasteiger partial charge >= 0.3 is 0 Å². The van der Waals surface area contributed by atoms with Crippen LogP contribution in [0.4, 0.5) is 4.39 Å². The monoisotopic (exact) mass is 298 g/mol. The summed E-state index contributed by atoms with van der Waals surface area (Å²) in [6, 6.07) is 12.9. The van der Waals surface area contributed by atoms with Crippen LogP contribution in [0.2, 0.25) is 0 Å². The Morgan fingerprint density at radius 3 is 2.73 bits per heavy atom. The zero-order chi connectivity index (χ0) is 15.4. The van der Waals surface area contributed by atoms with E-state index in [2.05, 4.69) is 10.1 Å². The van der Waals surface area contributed by atoms with Crippen molar-refractivity contribution in [1.82, 2.24) is 10.1 Å². The molecule has 1 heterocycles. The van der Waals surface area contributed by atoms with Crippen molar-refractivity contribution >= 4 is 6.29 Å². The molecule has 0 aliphatic heterocycles. The summed E-state index contributed by atoms with van der Waals surface area (Å²) in [6.07, 6.45) is 0.702. The highest BCUT2D eigenvalue weighted by Gasteiger charge is 2.13. The van der Waals surface area contributed by atoms with Crippen molar-refractivity contribution in [3.05, 3.63) is 65.8 Å². The first kappa shape index (κ1) is 13.9. The fourth-order valence-electron chi connectivity index (χ4n) is 1.91. The Hall–Kier alpha value is -3.02. The van der Waals surface area contributed by atoms with E-state index in [4.69, 9.17) is 9.26 Å². The van der Waals surface area contributed by atoms with E-state index in [1.807, 2.05) is 0 Å². The Bertz CT molecular complexity index is 801. The molecule has 0 saturated heterocycles. The molecule has 0 aliphatic carbocycles. The van der Waals surface area contributed by atoms with Crippen molar-refractivity contribution in [2.24, 2.45) is 0 Å². The summed E-state index contributed by atoms with van der Waals surface area (Å²) in [7, 11) is 0. The predicted molar refractivity (Wildman–Crippen MR) is 75.9 cm³/mol. The third kappa shape index (κ3) is 2.85. The molecule has 0 bridgehead atoms. The number of benzene rings is 2. The van der Waals surface area contributed by atoms with Crippen LogP contribution in [0, 0.1) is 5.82 Å². The van der Waals surface area contributed by atoms with Crippen LogP contribution < -0.4 is 4.74 Å². The Morgan fingerprint density at radius 1 is 1.14 bits per heavy atom. The van der Waals surface area contributed by atoms with Gasteiger partial charge in [-0.2, -0.15) is 4.98 Å². The van der Waals surface area contributed by atoms with Gasteiger partial charge in [0.1, 0.15) is 11.6 Å². The van der Waals surface area contributed by atoms with Crippen molar-refractivity contribution in [2.45, 2.75) is 6.61 Å². The highest BCUT2D eigenvalue weighted by Crippen LogP contribution is 2.21. The number of nitrogens with zero attached hydrogens (tertiary/aromatic N) is 2. The summed E-state index contributed by atoms with van der Waals surface area (Å²) in [5, 5.41) is 3.73. The van der Waals surface area contributed by atoms with Crippen LogP contribution in [-0.4, -0.2) is 16.4 Å². The lowest BCUT2D eigenvalue weighted by Crippen LogP contribution is -1.98. The Labute approximate surface area is 125 Å². The molecule has 5 nitrogen and oxygen atoms in total. The second-order valence-electron chi connectivity index (χ2n) is 4.44. The van der Waals surface area contributed by atoms with Gasteiger partial charge in [-0.15, -0.1) is 0 Å². The quantitative estimate of drug-likeness (QED) is 0.676. The van der Waals surface area contributed by atoms with E-state index in [1.165, 1.54) is 6.07 Å². The Morgan fingerprint density at radius 2 is 1.91 bits per heavy atom. The molecule has 6 heteroatoms. The van der Waals surface area contributed by atoms with Crippen molar-refractivity contribution < 1.29 is 18.4 Å². The van der Waals surface area contributed by atoms with Gasteiger partial charge in [0.05, 0.1) is 11.1 Å². The third-order valence-corrected chi connectivity index (χ3v) is 2.98. The molecule has 0 saturated carbocycles. The maximum atomic E-state index is 13.6. The molecule has 3 rings (SSSR count). The molecule has 3 aromatic rings. The fourth-order valence-corrected chi connectivity index (χ4v) is 1.91. The van der Waals surface area contributed by atoms with Gasteiger partial charge < -0.3 is 9.26 Å². The van der Waals surface area contributed by atoms with Crippen molar-refractivity contribution in [2.75, 3.05) is 0 Å². The average molecular weight is 298 g/mol. The minimum atomic E-state index is -0.429. The molecule has 0 aliphatic rings.